The summed E-state index contributed by atoms with van der Waals surface area (Å²) >= 11 is 0. The van der Waals surface area contributed by atoms with Crippen LogP contribution in [0.15, 0.2) is 29.2 Å². The van der Waals surface area contributed by atoms with Crippen molar-refractivity contribution in [3.8, 4) is 0 Å². The lowest BCUT2D eigenvalue weighted by atomic mass is 10.2. The average Bonchev–Trinajstić information content (AvgIpc) is 2.18. The van der Waals surface area contributed by atoms with Gasteiger partial charge in [0.2, 0.25) is 0 Å². The molecule has 0 radical (unpaired) electrons. The first-order valence-corrected chi connectivity index (χ1v) is 6.23. The third-order valence-electron chi connectivity index (χ3n) is 2.07. The van der Waals surface area contributed by atoms with Crippen LogP contribution in [-0.2, 0) is 10.8 Å². The van der Waals surface area contributed by atoms with E-state index in [9.17, 15) is 9.32 Å². The topological polar surface area (TPSA) is 49.3 Å². The van der Waals surface area contributed by atoms with Crippen molar-refractivity contribution in [3.63, 3.8) is 0 Å². The molecule has 0 heterocycles. The Balaban J connectivity index is 2.57. The molecule has 2 unspecified atom stereocenters. The Labute approximate surface area is 93.0 Å². The van der Waals surface area contributed by atoms with E-state index in [4.69, 9.17) is 0 Å². The van der Waals surface area contributed by atoms with Gasteiger partial charge in [0.15, 0.2) is 0 Å². The number of rotatable bonds is 5. The van der Waals surface area contributed by atoms with E-state index >= 15 is 0 Å². The first-order chi connectivity index (χ1) is 7.13. The lowest BCUT2D eigenvalue weighted by molar-refractivity contribution is 0.198. The summed E-state index contributed by atoms with van der Waals surface area (Å²) in [5.41, 5.74) is 1.14. The first-order valence-electron chi connectivity index (χ1n) is 4.91. The second kappa shape index (κ2) is 6.00. The van der Waals surface area contributed by atoms with Crippen LogP contribution in [0.25, 0.3) is 0 Å². The maximum atomic E-state index is 11.8. The first kappa shape index (κ1) is 12.4. The molecule has 0 bridgehead atoms. The highest BCUT2D eigenvalue weighted by atomic mass is 32.2. The minimum absolute atomic E-state index is 0.282. The largest absolute Gasteiger partial charge is 0.391 e. The molecule has 84 valence electrons. The van der Waals surface area contributed by atoms with Crippen LogP contribution in [0.1, 0.15) is 5.56 Å². The zero-order chi connectivity index (χ0) is 11.3. The van der Waals surface area contributed by atoms with E-state index in [2.05, 4.69) is 5.32 Å². The third kappa shape index (κ3) is 4.11. The summed E-state index contributed by atoms with van der Waals surface area (Å²) < 4.78 is 11.8. The number of hydrogen-bond acceptors (Lipinski definition) is 3. The lowest BCUT2D eigenvalue weighted by Crippen LogP contribution is -2.28. The van der Waals surface area contributed by atoms with E-state index in [0.717, 1.165) is 10.5 Å². The number of hydrogen-bond donors (Lipinski definition) is 2. The molecule has 0 aliphatic carbocycles. The fraction of sp³-hybridized carbons (Fsp3) is 0.455. The van der Waals surface area contributed by atoms with Crippen LogP contribution in [0.2, 0.25) is 0 Å². The van der Waals surface area contributed by atoms with Crippen molar-refractivity contribution in [2.45, 2.75) is 17.9 Å². The molecule has 0 aliphatic rings. The summed E-state index contributed by atoms with van der Waals surface area (Å²) in [5, 5.41) is 12.3. The highest BCUT2D eigenvalue weighted by Gasteiger charge is 2.10. The molecule has 0 amide bonds. The number of aliphatic hydroxyl groups is 1. The van der Waals surface area contributed by atoms with Crippen molar-refractivity contribution < 1.29 is 9.32 Å². The van der Waals surface area contributed by atoms with Gasteiger partial charge >= 0.3 is 0 Å². The predicted molar refractivity (Wildman–Crippen MR) is 62.4 cm³/mol. The molecular weight excluding hydrogens is 210 g/mol. The molecule has 0 spiro atoms. The molecule has 0 aliphatic heterocycles. The highest BCUT2D eigenvalue weighted by molar-refractivity contribution is 7.85. The van der Waals surface area contributed by atoms with E-state index in [1.165, 1.54) is 0 Å². The standard InChI is InChI=1S/C11H17NO2S/c1-9-3-5-11(6-4-9)15(14)8-10(13)7-12-2/h3-6,10,12-13H,7-8H2,1-2H3. The molecule has 0 aromatic heterocycles. The number of nitrogens with one attached hydrogen (secondary N) is 1. The summed E-state index contributed by atoms with van der Waals surface area (Å²) in [5.74, 6) is 0.282. The maximum absolute atomic E-state index is 11.8. The molecule has 1 aromatic rings. The lowest BCUT2D eigenvalue weighted by Gasteiger charge is -2.09. The Kier molecular flexibility index (Phi) is 4.94. The molecule has 15 heavy (non-hydrogen) atoms. The van der Waals surface area contributed by atoms with E-state index < -0.39 is 16.9 Å². The van der Waals surface area contributed by atoms with Gasteiger partial charge in [0.1, 0.15) is 0 Å². The van der Waals surface area contributed by atoms with Crippen molar-refractivity contribution in [3.05, 3.63) is 29.8 Å². The van der Waals surface area contributed by atoms with E-state index in [1.54, 1.807) is 7.05 Å². The molecular formula is C11H17NO2S. The molecule has 1 aromatic carbocycles. The maximum Gasteiger partial charge on any atom is 0.0783 e. The average molecular weight is 227 g/mol. The zero-order valence-corrected chi connectivity index (χ0v) is 9.88. The van der Waals surface area contributed by atoms with Gasteiger partial charge in [0.05, 0.1) is 22.7 Å². The van der Waals surface area contributed by atoms with Crippen LogP contribution < -0.4 is 5.32 Å². The second-order valence-corrected chi connectivity index (χ2v) is 5.03. The number of aliphatic hydroxyl groups excluding tert-OH is 1. The van der Waals surface area contributed by atoms with Gasteiger partial charge in [-0.2, -0.15) is 0 Å². The Morgan fingerprint density at radius 2 is 2.00 bits per heavy atom. The SMILES string of the molecule is CNCC(O)CS(=O)c1ccc(C)cc1. The van der Waals surface area contributed by atoms with Crippen LogP contribution in [0, 0.1) is 6.92 Å². The number of likely N-dealkylation sites (N-methyl/N-ethyl adjacent to an activating group) is 1. The monoisotopic (exact) mass is 227 g/mol. The molecule has 0 saturated heterocycles. The van der Waals surface area contributed by atoms with Gasteiger partial charge in [-0.25, -0.2) is 0 Å². The van der Waals surface area contributed by atoms with Crippen LogP contribution in [0.4, 0.5) is 0 Å². The molecule has 4 heteroatoms. The Morgan fingerprint density at radius 1 is 1.40 bits per heavy atom. The Bertz CT molecular complexity index is 324. The van der Waals surface area contributed by atoms with E-state index in [0.29, 0.717) is 6.54 Å². The molecule has 2 atom stereocenters. The smallest absolute Gasteiger partial charge is 0.0783 e. The third-order valence-corrected chi connectivity index (χ3v) is 3.55. The molecule has 1 rings (SSSR count). The van der Waals surface area contributed by atoms with E-state index in [-0.39, 0.29) is 5.75 Å². The van der Waals surface area contributed by atoms with Gasteiger partial charge in [-0.1, -0.05) is 17.7 Å². The fourth-order valence-electron chi connectivity index (χ4n) is 1.26. The molecule has 0 saturated carbocycles. The van der Waals surface area contributed by atoms with Crippen molar-refractivity contribution in [1.82, 2.24) is 5.32 Å². The van der Waals surface area contributed by atoms with E-state index in [1.807, 2.05) is 31.2 Å². The highest BCUT2D eigenvalue weighted by Crippen LogP contribution is 2.09. The predicted octanol–water partition coefficient (Wildman–Crippen LogP) is 0.683. The van der Waals surface area contributed by atoms with Gasteiger partial charge in [-0.3, -0.25) is 4.21 Å². The van der Waals surface area contributed by atoms with Crippen molar-refractivity contribution in [1.29, 1.82) is 0 Å². The molecule has 2 N–H and O–H groups in total. The van der Waals surface area contributed by atoms with Crippen molar-refractivity contribution in [2.75, 3.05) is 19.3 Å². The minimum Gasteiger partial charge on any atom is -0.391 e. The quantitative estimate of drug-likeness (QED) is 0.778. The van der Waals surface area contributed by atoms with Crippen molar-refractivity contribution in [2.24, 2.45) is 0 Å². The van der Waals surface area contributed by atoms with Gasteiger partial charge in [0.25, 0.3) is 0 Å². The summed E-state index contributed by atoms with van der Waals surface area (Å²) in [7, 11) is 0.649. The second-order valence-electron chi connectivity index (χ2n) is 3.54. The van der Waals surface area contributed by atoms with Gasteiger partial charge in [-0.15, -0.1) is 0 Å². The van der Waals surface area contributed by atoms with Gasteiger partial charge < -0.3 is 10.4 Å². The summed E-state index contributed by atoms with van der Waals surface area (Å²) in [6.45, 7) is 2.46. The Hall–Kier alpha value is -0.710. The van der Waals surface area contributed by atoms with Crippen LogP contribution in [0.5, 0.6) is 0 Å². The van der Waals surface area contributed by atoms with Crippen LogP contribution in [0.3, 0.4) is 0 Å². The normalized spacial score (nSPS) is 14.9. The van der Waals surface area contributed by atoms with Gasteiger partial charge in [-0.05, 0) is 26.1 Å². The van der Waals surface area contributed by atoms with Crippen LogP contribution in [-0.4, -0.2) is 34.8 Å². The van der Waals surface area contributed by atoms with Crippen molar-refractivity contribution >= 4 is 10.8 Å². The minimum atomic E-state index is -1.11. The van der Waals surface area contributed by atoms with Crippen LogP contribution >= 0.6 is 0 Å². The molecule has 3 nitrogen and oxygen atoms in total. The Morgan fingerprint density at radius 3 is 2.53 bits per heavy atom. The number of benzene rings is 1. The summed E-state index contributed by atoms with van der Waals surface area (Å²) in [6, 6.07) is 7.55. The fourth-order valence-corrected chi connectivity index (χ4v) is 2.35. The summed E-state index contributed by atoms with van der Waals surface area (Å²) in [6.07, 6.45) is -0.558. The molecule has 0 fully saturated rings. The van der Waals surface area contributed by atoms with Gasteiger partial charge in [0, 0.05) is 11.4 Å². The number of aryl methyl sites for hydroxylation is 1. The zero-order valence-electron chi connectivity index (χ0n) is 9.06. The summed E-state index contributed by atoms with van der Waals surface area (Å²) in [4.78, 5) is 0.774.